The zero-order chi connectivity index (χ0) is 15.8. The smallest absolute Gasteiger partial charge is 0.165 e. The van der Waals surface area contributed by atoms with Crippen molar-refractivity contribution in [1.82, 2.24) is 0 Å². The maximum atomic E-state index is 2.38. The molecule has 126 valence electrons. The average molecular weight is 426 g/mol. The normalized spacial score (nSPS) is 12.1. The van der Waals surface area contributed by atoms with Crippen molar-refractivity contribution in [3.63, 3.8) is 0 Å². The van der Waals surface area contributed by atoms with Gasteiger partial charge in [-0.15, -0.1) is 87.5 Å². The van der Waals surface area contributed by atoms with E-state index < -0.39 is 0 Å². The average Bonchev–Trinajstić information content (AvgIpc) is 3.20. The first-order valence-corrected chi connectivity index (χ1v) is 8.50. The molecule has 0 aromatic heterocycles. The maximum absolute atomic E-state index is 2.38. The number of halogens is 1. The summed E-state index contributed by atoms with van der Waals surface area (Å²) >= 11 is 0. The van der Waals surface area contributed by atoms with E-state index in [4.69, 9.17) is 0 Å². The van der Waals surface area contributed by atoms with Crippen LogP contribution in [0.1, 0.15) is 28.7 Å². The Labute approximate surface area is 175 Å². The Morgan fingerprint density at radius 1 is 0.720 bits per heavy atom. The first-order chi connectivity index (χ1) is 11.2. The number of rotatable bonds is 0. The van der Waals surface area contributed by atoms with E-state index in [9.17, 15) is 0 Å². The fourth-order valence-electron chi connectivity index (χ4n) is 3.75. The second-order valence-corrected chi connectivity index (χ2v) is 6.80. The van der Waals surface area contributed by atoms with Crippen LogP contribution in [0.5, 0.6) is 0 Å². The summed E-state index contributed by atoms with van der Waals surface area (Å²) in [4.78, 5) is 0. The molecule has 0 N–H and O–H groups in total. The van der Waals surface area contributed by atoms with E-state index >= 15 is 0 Å². The van der Waals surface area contributed by atoms with Gasteiger partial charge in [0, 0.05) is 0 Å². The molecule has 0 radical (unpaired) electrons. The molecule has 0 heterocycles. The summed E-state index contributed by atoms with van der Waals surface area (Å²) in [5.74, 6) is 0. The fraction of sp³-hybridized carbons (Fsp3) is 0.217. The van der Waals surface area contributed by atoms with Crippen LogP contribution in [0, 0.1) is 13.8 Å². The molecule has 0 saturated carbocycles. The SMILES string of the molecule is Cc1cc2cc3c(cc2[cH-]1)CCC3.Cc1cc2ccccc2[cH-]1.Cl.[Zr+2]. The molecule has 0 spiro atoms. The zero-order valence-electron chi connectivity index (χ0n) is 14.8. The largest absolute Gasteiger partial charge is 2.00 e. The van der Waals surface area contributed by atoms with E-state index in [1.165, 1.54) is 51.9 Å². The molecule has 4 aromatic rings. The Morgan fingerprint density at radius 2 is 1.32 bits per heavy atom. The van der Waals surface area contributed by atoms with Crippen molar-refractivity contribution in [1.29, 1.82) is 0 Å². The molecule has 0 atom stereocenters. The molecule has 4 aromatic carbocycles. The summed E-state index contributed by atoms with van der Waals surface area (Å²) < 4.78 is 0. The summed E-state index contributed by atoms with van der Waals surface area (Å²) in [7, 11) is 0. The molecule has 0 nitrogen and oxygen atoms in total. The molecule has 0 amide bonds. The van der Waals surface area contributed by atoms with E-state index in [2.05, 4.69) is 74.5 Å². The quantitative estimate of drug-likeness (QED) is 0.277. The molecular weight excluding hydrogens is 403 g/mol. The summed E-state index contributed by atoms with van der Waals surface area (Å²) in [6.07, 6.45) is 3.92. The standard InChI is InChI=1S/C13H13.C10H9.ClH.Zr/c1-9-5-12-7-10-3-2-4-11(10)8-13(12)6-9;1-8-6-9-4-2-3-5-10(9)7-8;;/h5-8H,2-4H2,1H3;2-7H,1H3;1H;/q2*-1;;+2. The van der Waals surface area contributed by atoms with Crippen molar-refractivity contribution in [3.8, 4) is 0 Å². The molecule has 5 rings (SSSR count). The van der Waals surface area contributed by atoms with Crippen molar-refractivity contribution < 1.29 is 26.2 Å². The molecule has 0 unspecified atom stereocenters. The second kappa shape index (κ2) is 8.48. The minimum Gasteiger partial charge on any atom is -0.165 e. The maximum Gasteiger partial charge on any atom is 2.00 e. The second-order valence-electron chi connectivity index (χ2n) is 6.80. The number of aryl methyl sites for hydroxylation is 4. The Bertz CT molecular complexity index is 900. The number of hydrogen-bond donors (Lipinski definition) is 0. The van der Waals surface area contributed by atoms with Crippen LogP contribution < -0.4 is 0 Å². The van der Waals surface area contributed by atoms with E-state index in [1.807, 2.05) is 0 Å². The van der Waals surface area contributed by atoms with Crippen LogP contribution in [0.2, 0.25) is 0 Å². The van der Waals surface area contributed by atoms with Crippen LogP contribution in [-0.4, -0.2) is 0 Å². The van der Waals surface area contributed by atoms with Crippen molar-refractivity contribution >= 4 is 34.0 Å². The fourth-order valence-corrected chi connectivity index (χ4v) is 3.75. The van der Waals surface area contributed by atoms with Gasteiger partial charge in [-0.3, -0.25) is 0 Å². The van der Waals surface area contributed by atoms with Gasteiger partial charge in [0.15, 0.2) is 0 Å². The van der Waals surface area contributed by atoms with Crippen LogP contribution in [0.3, 0.4) is 0 Å². The van der Waals surface area contributed by atoms with Crippen LogP contribution in [-0.2, 0) is 39.0 Å². The van der Waals surface area contributed by atoms with E-state index in [0.717, 1.165) is 0 Å². The molecule has 0 fully saturated rings. The van der Waals surface area contributed by atoms with Crippen LogP contribution in [0.25, 0.3) is 21.5 Å². The van der Waals surface area contributed by atoms with Gasteiger partial charge in [-0.05, 0) is 19.3 Å². The predicted molar refractivity (Wildman–Crippen MR) is 108 cm³/mol. The summed E-state index contributed by atoms with van der Waals surface area (Å²) in [6.45, 7) is 4.30. The number of fused-ring (bicyclic) bond motifs is 3. The van der Waals surface area contributed by atoms with Gasteiger partial charge >= 0.3 is 26.2 Å². The van der Waals surface area contributed by atoms with Crippen LogP contribution in [0.15, 0.2) is 60.7 Å². The van der Waals surface area contributed by atoms with Crippen LogP contribution in [0.4, 0.5) is 0 Å². The number of hydrogen-bond acceptors (Lipinski definition) is 0. The minimum atomic E-state index is 0. The molecule has 0 saturated heterocycles. The van der Waals surface area contributed by atoms with Gasteiger partial charge < -0.3 is 0 Å². The third-order valence-electron chi connectivity index (χ3n) is 4.83. The molecule has 2 heteroatoms. The van der Waals surface area contributed by atoms with Crippen molar-refractivity contribution in [2.24, 2.45) is 0 Å². The van der Waals surface area contributed by atoms with Crippen LogP contribution >= 0.6 is 12.4 Å². The third-order valence-corrected chi connectivity index (χ3v) is 4.83. The third kappa shape index (κ3) is 4.33. The summed E-state index contributed by atoms with van der Waals surface area (Å²) in [5.41, 5.74) is 5.90. The Hall–Kier alpha value is -1.17. The Kier molecular flexibility index (Phi) is 6.83. The van der Waals surface area contributed by atoms with Gasteiger partial charge in [0.05, 0.1) is 0 Å². The van der Waals surface area contributed by atoms with E-state index in [0.29, 0.717) is 0 Å². The van der Waals surface area contributed by atoms with Gasteiger partial charge in [0.25, 0.3) is 0 Å². The van der Waals surface area contributed by atoms with E-state index in [-0.39, 0.29) is 38.6 Å². The number of benzene rings is 2. The van der Waals surface area contributed by atoms with Crippen molar-refractivity contribution in [2.75, 3.05) is 0 Å². The minimum absolute atomic E-state index is 0. The molecule has 1 aliphatic carbocycles. The molecule has 0 aliphatic heterocycles. The topological polar surface area (TPSA) is 0 Å². The van der Waals surface area contributed by atoms with Gasteiger partial charge in [-0.1, -0.05) is 31.0 Å². The predicted octanol–water partition coefficient (Wildman–Crippen LogP) is 6.64. The molecule has 1 aliphatic rings. The van der Waals surface area contributed by atoms with Crippen molar-refractivity contribution in [3.05, 3.63) is 82.9 Å². The Morgan fingerprint density at radius 3 is 2.04 bits per heavy atom. The molecular formula is C23H23ClZr. The van der Waals surface area contributed by atoms with Gasteiger partial charge in [-0.2, -0.15) is 12.1 Å². The monoisotopic (exact) mass is 424 g/mol. The first-order valence-electron chi connectivity index (χ1n) is 8.50. The molecule has 25 heavy (non-hydrogen) atoms. The summed E-state index contributed by atoms with van der Waals surface area (Å²) in [5, 5.41) is 5.55. The summed E-state index contributed by atoms with van der Waals surface area (Å²) in [6, 6.07) is 22.2. The first kappa shape index (κ1) is 20.1. The van der Waals surface area contributed by atoms with E-state index in [1.54, 1.807) is 11.1 Å². The van der Waals surface area contributed by atoms with Crippen molar-refractivity contribution in [2.45, 2.75) is 33.1 Å². The molecule has 0 bridgehead atoms. The van der Waals surface area contributed by atoms with Gasteiger partial charge in [0.1, 0.15) is 0 Å². The Balaban J connectivity index is 0.000000172. The zero-order valence-corrected chi connectivity index (χ0v) is 18.1. The van der Waals surface area contributed by atoms with Gasteiger partial charge in [0.2, 0.25) is 0 Å². The van der Waals surface area contributed by atoms with Gasteiger partial charge in [-0.25, -0.2) is 0 Å².